The van der Waals surface area contributed by atoms with E-state index in [9.17, 15) is 9.59 Å². The fraction of sp³-hybridized carbons (Fsp3) is 0.545. The summed E-state index contributed by atoms with van der Waals surface area (Å²) in [5.41, 5.74) is 5.74. The highest BCUT2D eigenvalue weighted by molar-refractivity contribution is 7.15. The van der Waals surface area contributed by atoms with Crippen LogP contribution in [-0.4, -0.2) is 28.5 Å². The molecule has 18 heavy (non-hydrogen) atoms. The van der Waals surface area contributed by atoms with Gasteiger partial charge in [0.05, 0.1) is 5.69 Å². The highest BCUT2D eigenvalue weighted by atomic mass is 32.1. The van der Waals surface area contributed by atoms with Gasteiger partial charge in [-0.15, -0.1) is 11.3 Å². The van der Waals surface area contributed by atoms with E-state index < -0.39 is 11.9 Å². The number of anilines is 1. The van der Waals surface area contributed by atoms with Crippen molar-refractivity contribution in [2.75, 3.05) is 11.9 Å². The van der Waals surface area contributed by atoms with Crippen molar-refractivity contribution >= 4 is 28.3 Å². The first-order valence-corrected chi connectivity index (χ1v) is 6.64. The predicted molar refractivity (Wildman–Crippen MR) is 67.7 cm³/mol. The van der Waals surface area contributed by atoms with Crippen molar-refractivity contribution < 1.29 is 14.7 Å². The van der Waals surface area contributed by atoms with Gasteiger partial charge in [-0.1, -0.05) is 0 Å². The van der Waals surface area contributed by atoms with Gasteiger partial charge in [-0.05, 0) is 19.3 Å². The molecule has 2 rings (SSSR count). The van der Waals surface area contributed by atoms with Crippen molar-refractivity contribution in [3.8, 4) is 0 Å². The lowest BCUT2D eigenvalue weighted by Gasteiger charge is -2.03. The van der Waals surface area contributed by atoms with E-state index >= 15 is 0 Å². The van der Waals surface area contributed by atoms with E-state index in [1.165, 1.54) is 11.3 Å². The molecule has 0 fully saturated rings. The maximum absolute atomic E-state index is 11.0. The van der Waals surface area contributed by atoms with Gasteiger partial charge in [-0.3, -0.25) is 9.59 Å². The Morgan fingerprint density at radius 1 is 1.56 bits per heavy atom. The van der Waals surface area contributed by atoms with Crippen LogP contribution in [0, 0.1) is 0 Å². The number of nitrogens with two attached hydrogens (primary N) is 1. The number of thiazole rings is 1. The fourth-order valence-electron chi connectivity index (χ4n) is 2.00. The van der Waals surface area contributed by atoms with E-state index in [0.29, 0.717) is 31.5 Å². The Morgan fingerprint density at radius 2 is 2.33 bits per heavy atom. The molecule has 1 aliphatic rings. The van der Waals surface area contributed by atoms with Crippen molar-refractivity contribution in [3.63, 3.8) is 0 Å². The summed E-state index contributed by atoms with van der Waals surface area (Å²) in [4.78, 5) is 26.9. The van der Waals surface area contributed by atoms with Gasteiger partial charge in [0.1, 0.15) is 5.92 Å². The van der Waals surface area contributed by atoms with Crippen LogP contribution in [0.1, 0.15) is 35.8 Å². The smallest absolute Gasteiger partial charge is 0.312 e. The number of nitrogens with one attached hydrogen (secondary N) is 1. The number of amides is 1. The van der Waals surface area contributed by atoms with Crippen LogP contribution in [0.4, 0.5) is 5.13 Å². The molecule has 1 aliphatic carbocycles. The molecule has 0 saturated carbocycles. The van der Waals surface area contributed by atoms with Gasteiger partial charge in [0, 0.05) is 17.8 Å². The molecule has 1 atom stereocenters. The maximum atomic E-state index is 11.0. The Labute approximate surface area is 108 Å². The molecular weight excluding hydrogens is 254 g/mol. The number of carbonyl (C=O) groups excluding carboxylic acids is 1. The summed E-state index contributed by atoms with van der Waals surface area (Å²) in [5.74, 6) is -1.58. The topological polar surface area (TPSA) is 105 Å². The molecule has 1 unspecified atom stereocenters. The molecule has 0 radical (unpaired) electrons. The molecule has 4 N–H and O–H groups in total. The van der Waals surface area contributed by atoms with Crippen LogP contribution >= 0.6 is 11.3 Å². The third-order valence-corrected chi connectivity index (χ3v) is 3.98. The highest BCUT2D eigenvalue weighted by Crippen LogP contribution is 2.38. The van der Waals surface area contributed by atoms with Crippen molar-refractivity contribution in [2.45, 2.75) is 31.6 Å². The van der Waals surface area contributed by atoms with Gasteiger partial charge in [0.25, 0.3) is 0 Å². The Hall–Kier alpha value is -1.63. The number of hydrogen-bond acceptors (Lipinski definition) is 5. The number of carboxylic acid groups (broad SMARTS) is 1. The van der Waals surface area contributed by atoms with Gasteiger partial charge in [-0.25, -0.2) is 4.98 Å². The normalized spacial score (nSPS) is 17.4. The van der Waals surface area contributed by atoms with Gasteiger partial charge in [0.2, 0.25) is 5.91 Å². The number of aryl methyl sites for hydroxylation is 1. The number of carbonyl (C=O) groups is 2. The molecule has 1 amide bonds. The second kappa shape index (κ2) is 5.34. The highest BCUT2D eigenvalue weighted by Gasteiger charge is 2.32. The number of rotatable bonds is 6. The van der Waals surface area contributed by atoms with Crippen LogP contribution in [0.25, 0.3) is 0 Å². The monoisotopic (exact) mass is 269 g/mol. The second-order valence-electron chi connectivity index (χ2n) is 4.25. The fourth-order valence-corrected chi connectivity index (χ4v) is 3.07. The number of nitrogens with zero attached hydrogens (tertiary/aromatic N) is 1. The van der Waals surface area contributed by atoms with E-state index in [1.807, 2.05) is 0 Å². The lowest BCUT2D eigenvalue weighted by atomic mass is 10.1. The lowest BCUT2D eigenvalue weighted by Crippen LogP contribution is -2.13. The van der Waals surface area contributed by atoms with Crippen LogP contribution in [0.2, 0.25) is 0 Å². The molecule has 0 aliphatic heterocycles. The average molecular weight is 269 g/mol. The predicted octanol–water partition coefficient (Wildman–Crippen LogP) is 0.935. The number of fused-ring (bicyclic) bond motifs is 1. The zero-order chi connectivity index (χ0) is 13.1. The van der Waals surface area contributed by atoms with E-state index in [1.54, 1.807) is 0 Å². The van der Waals surface area contributed by atoms with E-state index in [4.69, 9.17) is 10.8 Å². The molecule has 0 aromatic carbocycles. The van der Waals surface area contributed by atoms with Gasteiger partial charge >= 0.3 is 5.97 Å². The molecule has 98 valence electrons. The van der Waals surface area contributed by atoms with Crippen LogP contribution in [-0.2, 0) is 16.0 Å². The second-order valence-corrected chi connectivity index (χ2v) is 5.34. The Morgan fingerprint density at radius 3 is 3.00 bits per heavy atom. The minimum absolute atomic E-state index is 0.315. The van der Waals surface area contributed by atoms with Crippen LogP contribution in [0.5, 0.6) is 0 Å². The first kappa shape index (κ1) is 12.8. The zero-order valence-corrected chi connectivity index (χ0v) is 10.6. The summed E-state index contributed by atoms with van der Waals surface area (Å²) >= 11 is 1.50. The molecule has 0 spiro atoms. The third-order valence-electron chi connectivity index (χ3n) is 2.89. The first-order valence-electron chi connectivity index (χ1n) is 5.82. The average Bonchev–Trinajstić information content (AvgIpc) is 2.82. The lowest BCUT2D eigenvalue weighted by molar-refractivity contribution is -0.138. The summed E-state index contributed by atoms with van der Waals surface area (Å²) in [7, 11) is 0. The minimum Gasteiger partial charge on any atom is -0.481 e. The Kier molecular flexibility index (Phi) is 3.81. The van der Waals surface area contributed by atoms with E-state index in [2.05, 4.69) is 10.3 Å². The van der Waals surface area contributed by atoms with Gasteiger partial charge in [-0.2, -0.15) is 0 Å². The van der Waals surface area contributed by atoms with Crippen molar-refractivity contribution in [1.82, 2.24) is 4.98 Å². The van der Waals surface area contributed by atoms with Crippen LogP contribution in [0.15, 0.2) is 0 Å². The van der Waals surface area contributed by atoms with Crippen molar-refractivity contribution in [3.05, 3.63) is 10.6 Å². The van der Waals surface area contributed by atoms with Crippen LogP contribution < -0.4 is 11.1 Å². The number of primary amides is 1. The molecular formula is C11H15N3O3S. The number of aromatic nitrogens is 1. The van der Waals surface area contributed by atoms with Gasteiger partial charge in [0.15, 0.2) is 5.13 Å². The molecule has 6 nitrogen and oxygen atoms in total. The first-order chi connectivity index (χ1) is 8.58. The number of hydrogen-bond donors (Lipinski definition) is 3. The van der Waals surface area contributed by atoms with Crippen LogP contribution in [0.3, 0.4) is 0 Å². The summed E-state index contributed by atoms with van der Waals surface area (Å²) in [6.45, 7) is 0.618. The third kappa shape index (κ3) is 2.79. The summed E-state index contributed by atoms with van der Waals surface area (Å²) in [5, 5.41) is 12.9. The molecule has 0 bridgehead atoms. The van der Waals surface area contributed by atoms with Crippen molar-refractivity contribution in [1.29, 1.82) is 0 Å². The van der Waals surface area contributed by atoms with E-state index in [-0.39, 0.29) is 5.91 Å². The Bertz CT molecular complexity index is 472. The standard InChI is InChI=1S/C11H15N3O3S/c12-8(15)2-1-5-13-11-14-9-6(10(16)17)3-4-7(9)18-11/h6H,1-5H2,(H2,12,15)(H,13,14)(H,16,17). The van der Waals surface area contributed by atoms with E-state index in [0.717, 1.165) is 16.4 Å². The van der Waals surface area contributed by atoms with Crippen molar-refractivity contribution in [2.24, 2.45) is 5.73 Å². The Balaban J connectivity index is 1.91. The number of carboxylic acids is 1. The maximum Gasteiger partial charge on any atom is 0.312 e. The zero-order valence-electron chi connectivity index (χ0n) is 9.81. The SMILES string of the molecule is NC(=O)CCCNc1nc2c(s1)CCC2C(=O)O. The number of aliphatic carboxylic acids is 1. The summed E-state index contributed by atoms with van der Waals surface area (Å²) in [6.07, 6.45) is 2.43. The molecule has 0 saturated heterocycles. The molecule has 1 aromatic heterocycles. The molecule has 1 heterocycles. The summed E-state index contributed by atoms with van der Waals surface area (Å²) < 4.78 is 0. The van der Waals surface area contributed by atoms with Gasteiger partial charge < -0.3 is 16.2 Å². The quantitative estimate of drug-likeness (QED) is 0.666. The minimum atomic E-state index is -0.806. The molecule has 1 aromatic rings. The molecule has 7 heteroatoms. The largest absolute Gasteiger partial charge is 0.481 e. The summed E-state index contributed by atoms with van der Waals surface area (Å²) in [6, 6.07) is 0.